The highest BCUT2D eigenvalue weighted by Gasteiger charge is 2.30. The molecule has 2 aliphatic rings. The zero-order valence-corrected chi connectivity index (χ0v) is 15.4. The second kappa shape index (κ2) is 7.46. The first-order valence-corrected chi connectivity index (χ1v) is 9.26. The summed E-state index contributed by atoms with van der Waals surface area (Å²) < 4.78 is 0. The zero-order chi connectivity index (χ0) is 17.3. The van der Waals surface area contributed by atoms with E-state index in [1.54, 1.807) is 0 Å². The highest BCUT2D eigenvalue weighted by atomic mass is 35.5. The van der Waals surface area contributed by atoms with Crippen LogP contribution in [0.5, 0.6) is 0 Å². The van der Waals surface area contributed by atoms with E-state index in [2.05, 4.69) is 15.5 Å². The fraction of sp³-hybridized carbons (Fsp3) is 0.562. The van der Waals surface area contributed by atoms with Crippen molar-refractivity contribution in [1.82, 2.24) is 10.4 Å². The van der Waals surface area contributed by atoms with Crippen molar-refractivity contribution in [3.05, 3.63) is 20.9 Å². The quantitative estimate of drug-likeness (QED) is 0.568. The Hall–Kier alpha value is -1.04. The summed E-state index contributed by atoms with van der Waals surface area (Å²) in [5.41, 5.74) is 9.25. The first-order valence-electron chi connectivity index (χ1n) is 8.13. The second-order valence-electron chi connectivity index (χ2n) is 6.46. The van der Waals surface area contributed by atoms with Crippen molar-refractivity contribution in [2.45, 2.75) is 44.9 Å². The summed E-state index contributed by atoms with van der Waals surface area (Å²) in [5, 5.41) is 4.24. The van der Waals surface area contributed by atoms with Gasteiger partial charge in [-0.2, -0.15) is 5.10 Å². The van der Waals surface area contributed by atoms with Gasteiger partial charge in [0.1, 0.15) is 5.02 Å². The molecule has 2 aliphatic carbocycles. The number of anilines is 1. The predicted molar refractivity (Wildman–Crippen MR) is 97.9 cm³/mol. The molecular weight excluding hydrogens is 371 g/mol. The van der Waals surface area contributed by atoms with Crippen LogP contribution in [0.1, 0.15) is 55.4 Å². The fourth-order valence-corrected chi connectivity index (χ4v) is 4.25. The summed E-state index contributed by atoms with van der Waals surface area (Å²) in [6.45, 7) is 0. The number of aromatic nitrogens is 1. The number of carbonyl (C=O) groups excluding carboxylic acids is 1. The van der Waals surface area contributed by atoms with Crippen molar-refractivity contribution < 1.29 is 4.79 Å². The van der Waals surface area contributed by atoms with Gasteiger partial charge in [-0.25, -0.2) is 10.4 Å². The van der Waals surface area contributed by atoms with Gasteiger partial charge in [0.05, 0.1) is 10.7 Å². The highest BCUT2D eigenvalue weighted by Crippen LogP contribution is 2.39. The normalized spacial score (nSPS) is 25.4. The molecule has 1 aromatic heterocycles. The number of nitrogens with one attached hydrogen (secondary N) is 1. The SMILES string of the molecule is Nc1c(Cl)c(Cl)nc(C(=O)N/N=C2/CCC3CCCCC3C2)c1Cl. The van der Waals surface area contributed by atoms with Crippen LogP contribution in [0.4, 0.5) is 5.69 Å². The average Bonchev–Trinajstić information content (AvgIpc) is 2.60. The minimum Gasteiger partial charge on any atom is -0.396 e. The Labute approximate surface area is 155 Å². The van der Waals surface area contributed by atoms with Crippen LogP contribution in [0.2, 0.25) is 15.2 Å². The minimum atomic E-state index is -0.538. The maximum Gasteiger partial charge on any atom is 0.291 e. The molecule has 0 aromatic carbocycles. The first-order chi connectivity index (χ1) is 11.5. The number of nitrogens with two attached hydrogens (primary N) is 1. The summed E-state index contributed by atoms with van der Waals surface area (Å²) in [6, 6.07) is 0. The molecule has 1 heterocycles. The summed E-state index contributed by atoms with van der Waals surface area (Å²) in [6.07, 6.45) is 8.25. The van der Waals surface area contributed by atoms with E-state index in [0.29, 0.717) is 5.92 Å². The molecule has 2 saturated carbocycles. The maximum atomic E-state index is 12.3. The molecule has 1 amide bonds. The van der Waals surface area contributed by atoms with Gasteiger partial charge < -0.3 is 5.73 Å². The minimum absolute atomic E-state index is 0.0157. The van der Waals surface area contributed by atoms with Gasteiger partial charge in [0.2, 0.25) is 0 Å². The third-order valence-corrected chi connectivity index (χ3v) is 6.11. The monoisotopic (exact) mass is 388 g/mol. The maximum absolute atomic E-state index is 12.3. The van der Waals surface area contributed by atoms with E-state index in [0.717, 1.165) is 30.9 Å². The highest BCUT2D eigenvalue weighted by molar-refractivity contribution is 6.46. The molecule has 130 valence electrons. The molecule has 3 rings (SSSR count). The molecule has 5 nitrogen and oxygen atoms in total. The third-order valence-electron chi connectivity index (χ3n) is 4.97. The number of hydrogen-bond acceptors (Lipinski definition) is 4. The number of rotatable bonds is 2. The number of hydrogen-bond donors (Lipinski definition) is 2. The third kappa shape index (κ3) is 3.63. The van der Waals surface area contributed by atoms with Crippen molar-refractivity contribution in [3.63, 3.8) is 0 Å². The van der Waals surface area contributed by atoms with E-state index >= 15 is 0 Å². The van der Waals surface area contributed by atoms with Crippen molar-refractivity contribution >= 4 is 52.1 Å². The number of nitrogens with zero attached hydrogens (tertiary/aromatic N) is 2. The Bertz CT molecular complexity index is 692. The molecule has 0 radical (unpaired) electrons. The van der Waals surface area contributed by atoms with Gasteiger partial charge in [0.25, 0.3) is 5.91 Å². The van der Waals surface area contributed by atoms with Gasteiger partial charge in [-0.1, -0.05) is 54.1 Å². The van der Waals surface area contributed by atoms with Crippen LogP contribution >= 0.6 is 34.8 Å². The number of amides is 1. The van der Waals surface area contributed by atoms with Crippen LogP contribution in [0.15, 0.2) is 5.10 Å². The van der Waals surface area contributed by atoms with Gasteiger partial charge in [-0.05, 0) is 37.5 Å². The van der Waals surface area contributed by atoms with Crippen LogP contribution in [0.3, 0.4) is 0 Å². The van der Waals surface area contributed by atoms with Crippen molar-refractivity contribution in [1.29, 1.82) is 0 Å². The van der Waals surface area contributed by atoms with Gasteiger partial charge in [0, 0.05) is 5.71 Å². The molecule has 0 spiro atoms. The lowest BCUT2D eigenvalue weighted by Crippen LogP contribution is -2.30. The topological polar surface area (TPSA) is 80.4 Å². The number of fused-ring (bicyclic) bond motifs is 1. The Kier molecular flexibility index (Phi) is 5.52. The van der Waals surface area contributed by atoms with Crippen LogP contribution in [-0.2, 0) is 0 Å². The number of hydrazone groups is 1. The predicted octanol–water partition coefficient (Wildman–Crippen LogP) is 4.70. The lowest BCUT2D eigenvalue weighted by atomic mass is 9.70. The molecule has 2 fully saturated rings. The second-order valence-corrected chi connectivity index (χ2v) is 7.57. The largest absolute Gasteiger partial charge is 0.396 e. The van der Waals surface area contributed by atoms with Gasteiger partial charge in [-0.3, -0.25) is 4.79 Å². The van der Waals surface area contributed by atoms with Crippen LogP contribution in [0.25, 0.3) is 0 Å². The van der Waals surface area contributed by atoms with Crippen LogP contribution < -0.4 is 11.2 Å². The molecule has 0 aliphatic heterocycles. The molecule has 1 aromatic rings. The smallest absolute Gasteiger partial charge is 0.291 e. The van der Waals surface area contributed by atoms with E-state index in [4.69, 9.17) is 40.5 Å². The summed E-state index contributed by atoms with van der Waals surface area (Å²) in [5.74, 6) is 0.980. The van der Waals surface area contributed by atoms with E-state index in [9.17, 15) is 4.79 Å². The van der Waals surface area contributed by atoms with Crippen molar-refractivity contribution in [3.8, 4) is 0 Å². The fourth-order valence-electron chi connectivity index (χ4n) is 3.66. The van der Waals surface area contributed by atoms with Crippen LogP contribution in [-0.4, -0.2) is 16.6 Å². The summed E-state index contributed by atoms with van der Waals surface area (Å²) in [7, 11) is 0. The summed E-state index contributed by atoms with van der Waals surface area (Å²) >= 11 is 17.8. The number of carbonyl (C=O) groups is 1. The Morgan fingerprint density at radius 2 is 1.83 bits per heavy atom. The molecule has 24 heavy (non-hydrogen) atoms. The summed E-state index contributed by atoms with van der Waals surface area (Å²) in [4.78, 5) is 16.2. The number of nitrogen functional groups attached to an aromatic ring is 1. The lowest BCUT2D eigenvalue weighted by Gasteiger charge is -2.35. The molecule has 2 atom stereocenters. The first kappa shape index (κ1) is 17.8. The van der Waals surface area contributed by atoms with E-state index in [1.165, 1.54) is 25.7 Å². The molecule has 3 N–H and O–H groups in total. The molecular formula is C16H19Cl3N4O. The molecule has 0 bridgehead atoms. The Balaban J connectivity index is 1.69. The van der Waals surface area contributed by atoms with E-state index in [-0.39, 0.29) is 26.6 Å². The standard InChI is InChI=1S/C16H19Cl3N4O/c17-11-13(20)12(18)15(19)21-14(11)16(24)23-22-10-6-5-8-3-1-2-4-9(8)7-10/h8-9H,1-7H2,(H2,20,21)(H,23,24)/b22-10-. The van der Waals surface area contributed by atoms with Crippen LogP contribution in [0, 0.1) is 11.8 Å². The molecule has 2 unspecified atom stereocenters. The van der Waals surface area contributed by atoms with E-state index in [1.807, 2.05) is 0 Å². The Morgan fingerprint density at radius 1 is 1.12 bits per heavy atom. The average molecular weight is 390 g/mol. The van der Waals surface area contributed by atoms with Gasteiger partial charge in [-0.15, -0.1) is 0 Å². The van der Waals surface area contributed by atoms with Gasteiger partial charge in [0.15, 0.2) is 10.8 Å². The molecule has 8 heteroatoms. The van der Waals surface area contributed by atoms with Crippen molar-refractivity contribution in [2.24, 2.45) is 16.9 Å². The zero-order valence-electron chi connectivity index (χ0n) is 13.1. The van der Waals surface area contributed by atoms with Crippen molar-refractivity contribution in [2.75, 3.05) is 5.73 Å². The molecule has 0 saturated heterocycles. The Morgan fingerprint density at radius 3 is 2.58 bits per heavy atom. The number of pyridine rings is 1. The van der Waals surface area contributed by atoms with Gasteiger partial charge >= 0.3 is 0 Å². The number of halogens is 3. The lowest BCUT2D eigenvalue weighted by molar-refractivity contribution is 0.0949. The van der Waals surface area contributed by atoms with E-state index < -0.39 is 5.91 Å².